The third-order valence-electron chi connectivity index (χ3n) is 5.28. The summed E-state index contributed by atoms with van der Waals surface area (Å²) in [5.74, 6) is -2.91. The van der Waals surface area contributed by atoms with Crippen molar-refractivity contribution < 1.29 is 19.1 Å². The molecule has 3 N–H and O–H groups in total. The molecule has 4 rings (SSSR count). The first-order chi connectivity index (χ1) is 12.3. The first-order valence-electron chi connectivity index (χ1n) is 8.32. The van der Waals surface area contributed by atoms with Gasteiger partial charge < -0.3 is 15.7 Å². The van der Waals surface area contributed by atoms with E-state index in [9.17, 15) is 14.7 Å². The third kappa shape index (κ3) is 2.15. The Morgan fingerprint density at radius 2 is 2.08 bits per heavy atom. The van der Waals surface area contributed by atoms with Gasteiger partial charge in [0.05, 0.1) is 5.69 Å². The molecular weight excluding hydrogens is 339 g/mol. The molecule has 0 amide bonds. The molecule has 2 heterocycles. The topological polar surface area (TPSA) is 109 Å². The number of rotatable bonds is 2. The highest BCUT2D eigenvalue weighted by Gasteiger charge is 2.36. The smallest absolute Gasteiger partial charge is 0.339 e. The van der Waals surface area contributed by atoms with Gasteiger partial charge >= 0.3 is 5.97 Å². The zero-order valence-electron chi connectivity index (χ0n) is 14.2. The number of allylic oxidation sites excluding steroid dienone is 1. The Labute approximate surface area is 148 Å². The molecular formula is C18H17FN4O3. The number of Topliss-reactive ketones (excluding diaryl/α,β-unsaturated/α-hetero) is 1. The molecule has 0 spiro atoms. The molecule has 2 aliphatic rings. The third-order valence-corrected chi connectivity index (χ3v) is 5.28. The number of nitrogens with two attached hydrogens (primary N) is 1. The quantitative estimate of drug-likeness (QED) is 0.787. The highest BCUT2D eigenvalue weighted by molar-refractivity contribution is 6.25. The second kappa shape index (κ2) is 5.57. The van der Waals surface area contributed by atoms with E-state index in [2.05, 4.69) is 10.2 Å². The lowest BCUT2D eigenvalue weighted by molar-refractivity contribution is -0.132. The van der Waals surface area contributed by atoms with E-state index in [0.717, 1.165) is 0 Å². The van der Waals surface area contributed by atoms with Gasteiger partial charge in [0.1, 0.15) is 16.8 Å². The van der Waals surface area contributed by atoms with Gasteiger partial charge in [-0.3, -0.25) is 4.79 Å². The number of carboxylic acid groups (broad SMARTS) is 1. The van der Waals surface area contributed by atoms with E-state index in [-0.39, 0.29) is 28.9 Å². The molecule has 0 radical (unpaired) electrons. The molecule has 1 aromatic carbocycles. The van der Waals surface area contributed by atoms with Crippen LogP contribution in [-0.2, 0) is 4.79 Å². The minimum atomic E-state index is -1.31. The molecule has 134 valence electrons. The molecule has 1 saturated heterocycles. The Kier molecular flexibility index (Phi) is 3.55. The van der Waals surface area contributed by atoms with Crippen molar-refractivity contribution in [2.45, 2.75) is 31.8 Å². The lowest BCUT2D eigenvalue weighted by Crippen LogP contribution is -2.63. The number of carbonyl (C=O) groups excluding carboxylic acids is 1. The van der Waals surface area contributed by atoms with Gasteiger partial charge in [-0.25, -0.2) is 9.18 Å². The zero-order valence-corrected chi connectivity index (χ0v) is 14.2. The zero-order chi connectivity index (χ0) is 18.7. The minimum Gasteiger partial charge on any atom is -0.478 e. The van der Waals surface area contributed by atoms with Gasteiger partial charge in [-0.2, -0.15) is 0 Å². The lowest BCUT2D eigenvalue weighted by atomic mass is 9.85. The SMILES string of the molecule is CC1C=C(C(=O)O)C(=O)c2nnc3c(F)c(N4C[C@H](N)[C@H]4C)ccc3c21. The van der Waals surface area contributed by atoms with Crippen molar-refractivity contribution in [1.82, 2.24) is 10.2 Å². The number of halogens is 1. The maximum absolute atomic E-state index is 15.1. The summed E-state index contributed by atoms with van der Waals surface area (Å²) in [6.07, 6.45) is 1.37. The molecule has 26 heavy (non-hydrogen) atoms. The number of carbonyl (C=O) groups is 2. The van der Waals surface area contributed by atoms with Crippen LogP contribution < -0.4 is 10.6 Å². The van der Waals surface area contributed by atoms with Gasteiger partial charge in [0.2, 0.25) is 5.78 Å². The van der Waals surface area contributed by atoms with Crippen LogP contribution in [0.5, 0.6) is 0 Å². The molecule has 2 aromatic rings. The number of fused-ring (bicyclic) bond motifs is 3. The molecule has 1 aliphatic heterocycles. The summed E-state index contributed by atoms with van der Waals surface area (Å²) in [5, 5.41) is 17.4. The van der Waals surface area contributed by atoms with Gasteiger partial charge in [-0.05, 0) is 18.6 Å². The fraction of sp³-hybridized carbons (Fsp3) is 0.333. The predicted molar refractivity (Wildman–Crippen MR) is 92.7 cm³/mol. The highest BCUT2D eigenvalue weighted by Crippen LogP contribution is 2.37. The van der Waals surface area contributed by atoms with Crippen molar-refractivity contribution in [3.05, 3.63) is 40.9 Å². The van der Waals surface area contributed by atoms with Crippen molar-refractivity contribution in [2.75, 3.05) is 11.4 Å². The molecule has 0 bridgehead atoms. The van der Waals surface area contributed by atoms with Crippen LogP contribution in [0, 0.1) is 5.82 Å². The lowest BCUT2D eigenvalue weighted by Gasteiger charge is -2.46. The number of aromatic nitrogens is 2. The number of aliphatic carboxylic acids is 1. The van der Waals surface area contributed by atoms with Gasteiger partial charge in [0, 0.05) is 29.9 Å². The summed E-state index contributed by atoms with van der Waals surface area (Å²) in [6.45, 7) is 4.23. The summed E-state index contributed by atoms with van der Waals surface area (Å²) >= 11 is 0. The first kappa shape index (κ1) is 16.6. The summed E-state index contributed by atoms with van der Waals surface area (Å²) in [7, 11) is 0. The molecule has 1 unspecified atom stereocenters. The number of hydrogen-bond donors (Lipinski definition) is 2. The number of carboxylic acids is 1. The van der Waals surface area contributed by atoms with E-state index < -0.39 is 23.5 Å². The van der Waals surface area contributed by atoms with Crippen LogP contribution in [0.3, 0.4) is 0 Å². The number of anilines is 1. The fourth-order valence-corrected chi connectivity index (χ4v) is 3.66. The van der Waals surface area contributed by atoms with Crippen molar-refractivity contribution in [3.8, 4) is 0 Å². The maximum atomic E-state index is 15.1. The van der Waals surface area contributed by atoms with E-state index in [0.29, 0.717) is 23.2 Å². The molecule has 7 nitrogen and oxygen atoms in total. The number of benzene rings is 1. The Morgan fingerprint density at radius 1 is 1.35 bits per heavy atom. The predicted octanol–water partition coefficient (Wildman–Crippen LogP) is 1.62. The summed E-state index contributed by atoms with van der Waals surface area (Å²) in [6, 6.07) is 3.38. The van der Waals surface area contributed by atoms with Crippen LogP contribution in [0.4, 0.5) is 10.1 Å². The second-order valence-corrected chi connectivity index (χ2v) is 6.82. The molecule has 1 aliphatic carbocycles. The van der Waals surface area contributed by atoms with Crippen molar-refractivity contribution in [2.24, 2.45) is 5.73 Å². The monoisotopic (exact) mass is 356 g/mol. The van der Waals surface area contributed by atoms with E-state index in [1.54, 1.807) is 19.1 Å². The van der Waals surface area contributed by atoms with Gasteiger partial charge in [0.15, 0.2) is 5.82 Å². The van der Waals surface area contributed by atoms with E-state index in [1.165, 1.54) is 6.08 Å². The van der Waals surface area contributed by atoms with Gasteiger partial charge in [-0.1, -0.05) is 19.1 Å². The molecule has 1 fully saturated rings. The van der Waals surface area contributed by atoms with Crippen molar-refractivity contribution >= 4 is 28.3 Å². The second-order valence-electron chi connectivity index (χ2n) is 6.82. The fourth-order valence-electron chi connectivity index (χ4n) is 3.66. The Balaban J connectivity index is 1.88. The normalized spacial score (nSPS) is 24.9. The first-order valence-corrected chi connectivity index (χ1v) is 8.32. The number of nitrogens with zero attached hydrogens (tertiary/aromatic N) is 3. The van der Waals surface area contributed by atoms with Crippen molar-refractivity contribution in [3.63, 3.8) is 0 Å². The van der Waals surface area contributed by atoms with E-state index in [4.69, 9.17) is 5.73 Å². The van der Waals surface area contributed by atoms with Crippen LogP contribution >= 0.6 is 0 Å². The van der Waals surface area contributed by atoms with E-state index in [1.807, 2.05) is 11.8 Å². The Bertz CT molecular complexity index is 1000. The van der Waals surface area contributed by atoms with Crippen LogP contribution in [0.2, 0.25) is 0 Å². The van der Waals surface area contributed by atoms with Crippen molar-refractivity contribution in [1.29, 1.82) is 0 Å². The van der Waals surface area contributed by atoms with Gasteiger partial charge in [0.25, 0.3) is 0 Å². The maximum Gasteiger partial charge on any atom is 0.339 e. The molecule has 8 heteroatoms. The van der Waals surface area contributed by atoms with Crippen LogP contribution in [0.25, 0.3) is 10.9 Å². The number of hydrogen-bond acceptors (Lipinski definition) is 6. The van der Waals surface area contributed by atoms with Gasteiger partial charge in [-0.15, -0.1) is 10.2 Å². The summed E-state index contributed by atoms with van der Waals surface area (Å²) in [4.78, 5) is 25.5. The largest absolute Gasteiger partial charge is 0.478 e. The molecule has 0 saturated carbocycles. The van der Waals surface area contributed by atoms with Crippen LogP contribution in [0.15, 0.2) is 23.8 Å². The molecule has 1 aromatic heterocycles. The Hall–Kier alpha value is -2.87. The number of ketones is 1. The average molecular weight is 356 g/mol. The average Bonchev–Trinajstić information content (AvgIpc) is 2.62. The standard InChI is InChI=1S/C18H17FN4O3/c1-7-5-10(18(25)26)17(24)16-13(7)9-3-4-12(14(19)15(9)21-22-16)23-6-11(20)8(23)2/h3-5,7-8,11H,6,20H2,1-2H3,(H,25,26)/t7?,8-,11+/m1/s1. The van der Waals surface area contributed by atoms with E-state index >= 15 is 4.39 Å². The highest BCUT2D eigenvalue weighted by atomic mass is 19.1. The van der Waals surface area contributed by atoms with Crippen LogP contribution in [0.1, 0.15) is 35.8 Å². The summed E-state index contributed by atoms with van der Waals surface area (Å²) in [5.41, 5.74) is 6.50. The minimum absolute atomic E-state index is 0.00284. The summed E-state index contributed by atoms with van der Waals surface area (Å²) < 4.78 is 15.1. The Morgan fingerprint density at radius 3 is 2.69 bits per heavy atom. The van der Waals surface area contributed by atoms with Crippen LogP contribution in [-0.4, -0.2) is 45.7 Å². The molecule has 3 atom stereocenters.